The van der Waals surface area contributed by atoms with Gasteiger partial charge in [-0.05, 0) is 51.8 Å². The lowest BCUT2D eigenvalue weighted by Crippen LogP contribution is -2.39. The van der Waals surface area contributed by atoms with Crippen molar-refractivity contribution < 1.29 is 9.47 Å². The summed E-state index contributed by atoms with van der Waals surface area (Å²) in [6.45, 7) is 11.1. The number of nitrogens with two attached hydrogens (primary N) is 1. The van der Waals surface area contributed by atoms with Crippen molar-refractivity contribution in [3.05, 3.63) is 23.8 Å². The van der Waals surface area contributed by atoms with E-state index in [0.29, 0.717) is 24.6 Å². The molecule has 1 aromatic carbocycles. The summed E-state index contributed by atoms with van der Waals surface area (Å²) >= 11 is 0. The minimum Gasteiger partial charge on any atom is -0.493 e. The minimum atomic E-state index is 0. The van der Waals surface area contributed by atoms with Gasteiger partial charge in [-0.15, -0.1) is 24.0 Å². The minimum absolute atomic E-state index is 0. The van der Waals surface area contributed by atoms with Gasteiger partial charge in [0.1, 0.15) is 0 Å². The Balaban J connectivity index is 0.00000625. The predicted octanol–water partition coefficient (Wildman–Crippen LogP) is 2.89. The van der Waals surface area contributed by atoms with Crippen LogP contribution in [-0.4, -0.2) is 56.8 Å². The molecular formula is C19H35IN4O2. The van der Waals surface area contributed by atoms with Crippen molar-refractivity contribution in [1.29, 1.82) is 0 Å². The van der Waals surface area contributed by atoms with Crippen LogP contribution in [0.15, 0.2) is 23.2 Å². The third-order valence-electron chi connectivity index (χ3n) is 4.13. The van der Waals surface area contributed by atoms with Crippen LogP contribution in [0.5, 0.6) is 11.5 Å². The molecule has 0 aliphatic heterocycles. The number of aliphatic imine (C=N–C) groups is 1. The number of rotatable bonds is 10. The predicted molar refractivity (Wildman–Crippen MR) is 120 cm³/mol. The molecule has 0 amide bonds. The van der Waals surface area contributed by atoms with Gasteiger partial charge in [0, 0.05) is 25.2 Å². The summed E-state index contributed by atoms with van der Waals surface area (Å²) in [6, 6.07) is 6.94. The number of ether oxygens (including phenoxy) is 2. The molecule has 0 bridgehead atoms. The molecule has 0 atom stereocenters. The molecule has 0 saturated carbocycles. The van der Waals surface area contributed by atoms with Crippen LogP contribution in [0, 0.1) is 0 Å². The van der Waals surface area contributed by atoms with Crippen LogP contribution in [0.25, 0.3) is 0 Å². The molecule has 0 spiro atoms. The Bertz CT molecular complexity index is 542. The quantitative estimate of drug-likeness (QED) is 0.308. The molecule has 0 heterocycles. The van der Waals surface area contributed by atoms with Crippen LogP contribution in [0.4, 0.5) is 0 Å². The highest BCUT2D eigenvalue weighted by molar-refractivity contribution is 14.0. The molecule has 1 rings (SSSR count). The van der Waals surface area contributed by atoms with Gasteiger partial charge in [-0.2, -0.15) is 0 Å². The summed E-state index contributed by atoms with van der Waals surface area (Å²) in [7, 11) is 3.28. The molecule has 3 N–H and O–H groups in total. The van der Waals surface area contributed by atoms with E-state index in [4.69, 9.17) is 15.2 Å². The Morgan fingerprint density at radius 1 is 1.12 bits per heavy atom. The molecule has 0 aliphatic carbocycles. The molecule has 6 nitrogen and oxygen atoms in total. The highest BCUT2D eigenvalue weighted by atomic mass is 127. The lowest BCUT2D eigenvalue weighted by atomic mass is 10.1. The number of guanidine groups is 1. The summed E-state index contributed by atoms with van der Waals surface area (Å²) in [5.41, 5.74) is 7.11. The molecule has 0 unspecified atom stereocenters. The zero-order chi connectivity index (χ0) is 18.8. The first-order valence-corrected chi connectivity index (χ1v) is 8.89. The SMILES string of the molecule is COc1ccc(CCNC(N)=NCCN(C(C)C)C(C)C)cc1OC.I. The molecule has 0 aliphatic rings. The van der Waals surface area contributed by atoms with E-state index in [2.05, 4.69) is 42.9 Å². The summed E-state index contributed by atoms with van der Waals surface area (Å²) in [5, 5.41) is 3.17. The Morgan fingerprint density at radius 2 is 1.73 bits per heavy atom. The Morgan fingerprint density at radius 3 is 2.27 bits per heavy atom. The maximum absolute atomic E-state index is 5.95. The second-order valence-corrected chi connectivity index (χ2v) is 6.56. The zero-order valence-corrected chi connectivity index (χ0v) is 19.2. The number of hydrogen-bond acceptors (Lipinski definition) is 4. The summed E-state index contributed by atoms with van der Waals surface area (Å²) in [6.07, 6.45) is 0.834. The molecule has 150 valence electrons. The van der Waals surface area contributed by atoms with Crippen LogP contribution in [0.1, 0.15) is 33.3 Å². The molecule has 0 aromatic heterocycles. The van der Waals surface area contributed by atoms with Crippen molar-refractivity contribution in [2.75, 3.05) is 33.9 Å². The van der Waals surface area contributed by atoms with E-state index in [0.717, 1.165) is 36.6 Å². The number of methoxy groups -OCH3 is 2. The van der Waals surface area contributed by atoms with Gasteiger partial charge in [0.15, 0.2) is 17.5 Å². The maximum atomic E-state index is 5.95. The van der Waals surface area contributed by atoms with Crippen LogP contribution < -0.4 is 20.5 Å². The van der Waals surface area contributed by atoms with Gasteiger partial charge in [0.05, 0.1) is 20.8 Å². The van der Waals surface area contributed by atoms with Gasteiger partial charge in [-0.1, -0.05) is 6.07 Å². The van der Waals surface area contributed by atoms with Crippen molar-refractivity contribution >= 4 is 29.9 Å². The van der Waals surface area contributed by atoms with Crippen LogP contribution in [0.3, 0.4) is 0 Å². The Kier molecular flexibility index (Phi) is 12.4. The van der Waals surface area contributed by atoms with Gasteiger partial charge < -0.3 is 20.5 Å². The largest absolute Gasteiger partial charge is 0.493 e. The van der Waals surface area contributed by atoms with E-state index in [1.165, 1.54) is 0 Å². The molecule has 7 heteroatoms. The number of benzene rings is 1. The van der Waals surface area contributed by atoms with Crippen LogP contribution in [0.2, 0.25) is 0 Å². The number of hydrogen-bond donors (Lipinski definition) is 2. The summed E-state index contributed by atoms with van der Waals surface area (Å²) in [5.74, 6) is 1.97. The fourth-order valence-corrected chi connectivity index (χ4v) is 2.83. The number of halogens is 1. The van der Waals surface area contributed by atoms with Crippen molar-refractivity contribution in [3.8, 4) is 11.5 Å². The van der Waals surface area contributed by atoms with Crippen molar-refractivity contribution in [2.24, 2.45) is 10.7 Å². The van der Waals surface area contributed by atoms with Gasteiger partial charge in [-0.25, -0.2) is 0 Å². The second kappa shape index (κ2) is 13.0. The number of nitrogens with zero attached hydrogens (tertiary/aromatic N) is 2. The fourth-order valence-electron chi connectivity index (χ4n) is 2.83. The van der Waals surface area contributed by atoms with E-state index in [9.17, 15) is 0 Å². The zero-order valence-electron chi connectivity index (χ0n) is 16.9. The van der Waals surface area contributed by atoms with Gasteiger partial charge in [0.2, 0.25) is 0 Å². The fraction of sp³-hybridized carbons (Fsp3) is 0.632. The van der Waals surface area contributed by atoms with Crippen molar-refractivity contribution in [2.45, 2.75) is 46.2 Å². The average molecular weight is 478 g/mol. The summed E-state index contributed by atoms with van der Waals surface area (Å²) < 4.78 is 10.6. The Labute approximate surface area is 175 Å². The highest BCUT2D eigenvalue weighted by Crippen LogP contribution is 2.27. The third kappa shape index (κ3) is 8.44. The average Bonchev–Trinajstić information content (AvgIpc) is 2.57. The van der Waals surface area contributed by atoms with Gasteiger partial charge in [0.25, 0.3) is 0 Å². The smallest absolute Gasteiger partial charge is 0.188 e. The molecular weight excluding hydrogens is 443 g/mol. The first kappa shape index (κ1) is 24.8. The van der Waals surface area contributed by atoms with Crippen LogP contribution in [-0.2, 0) is 6.42 Å². The van der Waals surface area contributed by atoms with E-state index >= 15 is 0 Å². The molecule has 0 saturated heterocycles. The monoisotopic (exact) mass is 478 g/mol. The van der Waals surface area contributed by atoms with E-state index < -0.39 is 0 Å². The number of nitrogens with one attached hydrogen (secondary N) is 1. The maximum Gasteiger partial charge on any atom is 0.188 e. The van der Waals surface area contributed by atoms with E-state index in [-0.39, 0.29) is 24.0 Å². The molecule has 1 aromatic rings. The normalized spacial score (nSPS) is 11.7. The van der Waals surface area contributed by atoms with Crippen LogP contribution >= 0.6 is 24.0 Å². The standard InChI is InChI=1S/C19H34N4O2.HI/c1-14(2)23(15(3)4)12-11-22-19(20)21-10-9-16-7-8-17(24-5)18(13-16)25-6;/h7-8,13-15H,9-12H2,1-6H3,(H3,20,21,22);1H. The summed E-state index contributed by atoms with van der Waals surface area (Å²) in [4.78, 5) is 6.82. The lowest BCUT2D eigenvalue weighted by Gasteiger charge is -2.29. The third-order valence-corrected chi connectivity index (χ3v) is 4.13. The van der Waals surface area contributed by atoms with Crippen molar-refractivity contribution in [3.63, 3.8) is 0 Å². The molecule has 0 radical (unpaired) electrons. The molecule has 0 fully saturated rings. The lowest BCUT2D eigenvalue weighted by molar-refractivity contribution is 0.181. The topological polar surface area (TPSA) is 72.1 Å². The van der Waals surface area contributed by atoms with Crippen molar-refractivity contribution in [1.82, 2.24) is 10.2 Å². The second-order valence-electron chi connectivity index (χ2n) is 6.56. The van der Waals surface area contributed by atoms with Gasteiger partial charge >= 0.3 is 0 Å². The molecule has 26 heavy (non-hydrogen) atoms. The van der Waals surface area contributed by atoms with Gasteiger partial charge in [-0.3, -0.25) is 9.89 Å². The Hall–Kier alpha value is -1.22. The first-order valence-electron chi connectivity index (χ1n) is 8.89. The van der Waals surface area contributed by atoms with E-state index in [1.54, 1.807) is 14.2 Å². The first-order chi connectivity index (χ1) is 11.9. The highest BCUT2D eigenvalue weighted by Gasteiger charge is 2.12. The van der Waals surface area contributed by atoms with E-state index in [1.807, 2.05) is 18.2 Å².